The molecule has 244 valence electrons. The average Bonchev–Trinajstić information content (AvgIpc) is 3.42. The van der Waals surface area contributed by atoms with Gasteiger partial charge in [-0.05, 0) is 61.4 Å². The summed E-state index contributed by atoms with van der Waals surface area (Å²) in [6.07, 6.45) is 1.73. The molecule has 0 unspecified atom stereocenters. The number of aromatic nitrogens is 1. The third-order valence-electron chi connectivity index (χ3n) is 7.69. The van der Waals surface area contributed by atoms with Crippen molar-refractivity contribution in [1.82, 2.24) is 4.57 Å². The van der Waals surface area contributed by atoms with E-state index in [1.54, 1.807) is 35.8 Å². The maximum Gasteiger partial charge on any atom is 0.338 e. The van der Waals surface area contributed by atoms with Crippen LogP contribution in [0, 0.1) is 5.82 Å². The van der Waals surface area contributed by atoms with Crippen LogP contribution in [0.25, 0.3) is 11.8 Å². The molecule has 1 aromatic heterocycles. The van der Waals surface area contributed by atoms with Gasteiger partial charge in [-0.1, -0.05) is 78.1 Å². The highest BCUT2D eigenvalue weighted by molar-refractivity contribution is 7.07. The van der Waals surface area contributed by atoms with E-state index < -0.39 is 12.0 Å². The summed E-state index contributed by atoms with van der Waals surface area (Å²) in [4.78, 5) is 33.5. The zero-order chi connectivity index (χ0) is 33.6. The molecule has 0 radical (unpaired) electrons. The number of thiazole rings is 1. The van der Waals surface area contributed by atoms with Crippen LogP contribution in [0.2, 0.25) is 0 Å². The number of rotatable bonds is 11. The van der Waals surface area contributed by atoms with E-state index in [0.29, 0.717) is 50.0 Å². The smallest absolute Gasteiger partial charge is 0.338 e. The number of methoxy groups -OCH3 is 1. The Morgan fingerprint density at radius 3 is 2.35 bits per heavy atom. The third kappa shape index (κ3) is 6.65. The largest absolute Gasteiger partial charge is 0.494 e. The van der Waals surface area contributed by atoms with Crippen LogP contribution in [0.4, 0.5) is 4.39 Å². The van der Waals surface area contributed by atoms with Crippen molar-refractivity contribution in [2.45, 2.75) is 26.5 Å². The van der Waals surface area contributed by atoms with Crippen LogP contribution in [-0.4, -0.2) is 30.9 Å². The van der Waals surface area contributed by atoms with E-state index >= 15 is 0 Å². The van der Waals surface area contributed by atoms with Crippen molar-refractivity contribution >= 4 is 29.1 Å². The predicted molar refractivity (Wildman–Crippen MR) is 182 cm³/mol. The summed E-state index contributed by atoms with van der Waals surface area (Å²) in [5.74, 6) is 0.678. The molecular weight excluding hydrogens is 631 g/mol. The maximum absolute atomic E-state index is 14.4. The molecule has 48 heavy (non-hydrogen) atoms. The van der Waals surface area contributed by atoms with Gasteiger partial charge in [-0.2, -0.15) is 0 Å². The quantitative estimate of drug-likeness (QED) is 0.160. The van der Waals surface area contributed by atoms with Gasteiger partial charge in [0.1, 0.15) is 18.2 Å². The number of nitrogens with zero attached hydrogens (tertiary/aromatic N) is 2. The number of para-hydroxylation sites is 1. The van der Waals surface area contributed by atoms with E-state index in [2.05, 4.69) is 0 Å². The van der Waals surface area contributed by atoms with Crippen LogP contribution in [0.1, 0.15) is 42.1 Å². The van der Waals surface area contributed by atoms with Gasteiger partial charge in [-0.25, -0.2) is 14.2 Å². The van der Waals surface area contributed by atoms with E-state index in [-0.39, 0.29) is 30.2 Å². The van der Waals surface area contributed by atoms with Crippen LogP contribution >= 0.6 is 11.3 Å². The standard InChI is InChI=1S/C38H33FN2O6S/c1-4-45-29-20-16-26(17-21-29)34-32(37(43)46-5-2)33(25-10-7-6-8-11-25)40-38-41(34)36(42)31(48-38)22-27-12-9-13-30(44-3)35(27)47-23-24-14-18-28(39)19-15-24/h6-22,34H,4-5,23H2,1-3H3/b31-22-/t34-/m1/s1. The lowest BCUT2D eigenvalue weighted by molar-refractivity contribution is -0.138. The number of ether oxygens (including phenoxy) is 4. The minimum atomic E-state index is -0.826. The zero-order valence-electron chi connectivity index (χ0n) is 26.6. The summed E-state index contributed by atoms with van der Waals surface area (Å²) >= 11 is 1.21. The fourth-order valence-electron chi connectivity index (χ4n) is 5.51. The van der Waals surface area contributed by atoms with E-state index in [4.69, 9.17) is 23.9 Å². The molecule has 1 aliphatic rings. The van der Waals surface area contributed by atoms with Crippen molar-refractivity contribution in [3.05, 3.63) is 150 Å². The first-order valence-electron chi connectivity index (χ1n) is 15.5. The molecule has 0 aliphatic carbocycles. The van der Waals surface area contributed by atoms with Gasteiger partial charge in [0.2, 0.25) is 0 Å². The van der Waals surface area contributed by atoms with Crippen LogP contribution in [-0.2, 0) is 16.1 Å². The highest BCUT2D eigenvalue weighted by Gasteiger charge is 2.35. The van der Waals surface area contributed by atoms with E-state index in [1.807, 2.05) is 73.7 Å². The summed E-state index contributed by atoms with van der Waals surface area (Å²) in [5.41, 5.74) is 3.15. The Labute approximate surface area is 280 Å². The van der Waals surface area contributed by atoms with E-state index in [1.165, 1.54) is 30.6 Å². The molecule has 0 fully saturated rings. The lowest BCUT2D eigenvalue weighted by Gasteiger charge is -2.26. The Bertz CT molecular complexity index is 2140. The second kappa shape index (κ2) is 14.5. The summed E-state index contributed by atoms with van der Waals surface area (Å²) in [6.45, 7) is 4.46. The third-order valence-corrected chi connectivity index (χ3v) is 8.68. The van der Waals surface area contributed by atoms with Crippen molar-refractivity contribution < 1.29 is 28.1 Å². The number of hydrogen-bond acceptors (Lipinski definition) is 8. The zero-order valence-corrected chi connectivity index (χ0v) is 27.5. The molecule has 0 saturated carbocycles. The van der Waals surface area contributed by atoms with Crippen molar-refractivity contribution in [3.63, 3.8) is 0 Å². The van der Waals surface area contributed by atoms with Gasteiger partial charge >= 0.3 is 5.97 Å². The molecular formula is C38H33FN2O6S. The normalized spacial score (nSPS) is 14.2. The SMILES string of the molecule is CCOC(=O)C1=C(c2ccccc2)N=c2s/c(=C\c3cccc(OC)c3OCc3ccc(F)cc3)c(=O)n2[C@@H]1c1ccc(OCC)cc1. The minimum Gasteiger partial charge on any atom is -0.494 e. The highest BCUT2D eigenvalue weighted by atomic mass is 32.1. The Morgan fingerprint density at radius 2 is 1.67 bits per heavy atom. The topological polar surface area (TPSA) is 88.4 Å². The Balaban J connectivity index is 1.54. The number of esters is 1. The molecule has 0 bridgehead atoms. The molecule has 4 aromatic carbocycles. The number of carbonyl (C=O) groups excluding carboxylic acids is 1. The number of fused-ring (bicyclic) bond motifs is 1. The van der Waals surface area contributed by atoms with Crippen LogP contribution < -0.4 is 29.1 Å². The van der Waals surface area contributed by atoms with Gasteiger partial charge in [0.05, 0.1) is 42.2 Å². The second-order valence-electron chi connectivity index (χ2n) is 10.7. The molecule has 0 spiro atoms. The van der Waals surface area contributed by atoms with E-state index in [9.17, 15) is 14.0 Å². The van der Waals surface area contributed by atoms with Gasteiger partial charge in [0, 0.05) is 11.1 Å². The van der Waals surface area contributed by atoms with Crippen molar-refractivity contribution in [2.24, 2.45) is 4.99 Å². The number of carbonyl (C=O) groups is 1. The molecule has 0 N–H and O–H groups in total. The first-order chi connectivity index (χ1) is 23.4. The van der Waals surface area contributed by atoms with Crippen LogP contribution in [0.5, 0.6) is 17.2 Å². The molecule has 0 saturated heterocycles. The average molecular weight is 665 g/mol. The fraction of sp³-hybridized carbons (Fsp3) is 0.184. The number of hydrogen-bond donors (Lipinski definition) is 0. The molecule has 10 heteroatoms. The lowest BCUT2D eigenvalue weighted by Crippen LogP contribution is -2.40. The first kappa shape index (κ1) is 32.5. The van der Waals surface area contributed by atoms with Crippen molar-refractivity contribution in [1.29, 1.82) is 0 Å². The number of benzene rings is 4. The molecule has 5 aromatic rings. The van der Waals surface area contributed by atoms with E-state index in [0.717, 1.165) is 11.1 Å². The van der Waals surface area contributed by atoms with Gasteiger partial charge in [0.25, 0.3) is 5.56 Å². The predicted octanol–water partition coefficient (Wildman–Crippen LogP) is 6.06. The summed E-state index contributed by atoms with van der Waals surface area (Å²) in [7, 11) is 1.54. The fourth-order valence-corrected chi connectivity index (χ4v) is 6.50. The van der Waals surface area contributed by atoms with Crippen LogP contribution in [0.3, 0.4) is 0 Å². The van der Waals surface area contributed by atoms with Gasteiger partial charge < -0.3 is 18.9 Å². The lowest BCUT2D eigenvalue weighted by atomic mass is 9.93. The Kier molecular flexibility index (Phi) is 9.82. The summed E-state index contributed by atoms with van der Waals surface area (Å²) < 4.78 is 38.4. The molecule has 2 heterocycles. The van der Waals surface area contributed by atoms with Gasteiger partial charge in [0.15, 0.2) is 16.3 Å². The molecule has 1 atom stereocenters. The monoisotopic (exact) mass is 664 g/mol. The Morgan fingerprint density at radius 1 is 0.917 bits per heavy atom. The van der Waals surface area contributed by atoms with Crippen molar-refractivity contribution in [2.75, 3.05) is 20.3 Å². The number of halogens is 1. The highest BCUT2D eigenvalue weighted by Crippen LogP contribution is 2.36. The minimum absolute atomic E-state index is 0.154. The first-order valence-corrected chi connectivity index (χ1v) is 16.3. The maximum atomic E-state index is 14.4. The summed E-state index contributed by atoms with van der Waals surface area (Å²) in [6, 6.07) is 27.3. The molecule has 8 nitrogen and oxygen atoms in total. The van der Waals surface area contributed by atoms with Crippen LogP contribution in [0.15, 0.2) is 112 Å². The molecule has 1 aliphatic heterocycles. The molecule has 0 amide bonds. The molecule has 6 rings (SSSR count). The summed E-state index contributed by atoms with van der Waals surface area (Å²) in [5, 5.41) is 0. The van der Waals surface area contributed by atoms with Gasteiger partial charge in [-0.15, -0.1) is 0 Å². The Hall–Kier alpha value is -5.48. The second-order valence-corrected chi connectivity index (χ2v) is 11.7. The van der Waals surface area contributed by atoms with Gasteiger partial charge in [-0.3, -0.25) is 9.36 Å². The van der Waals surface area contributed by atoms with Crippen molar-refractivity contribution in [3.8, 4) is 17.2 Å².